The molecule has 0 aliphatic heterocycles. The van der Waals surface area contributed by atoms with E-state index < -0.39 is 0 Å². The minimum atomic E-state index is 0.872. The van der Waals surface area contributed by atoms with Gasteiger partial charge in [-0.3, -0.25) is 0 Å². The number of anilines is 3. The molecule has 0 saturated heterocycles. The van der Waals surface area contributed by atoms with E-state index in [1.54, 1.807) is 0 Å². The Morgan fingerprint density at radius 1 is 0.392 bits per heavy atom. The molecule has 11 aromatic rings. The molecule has 0 aliphatic rings. The van der Waals surface area contributed by atoms with Crippen molar-refractivity contribution in [2.45, 2.75) is 0 Å². The van der Waals surface area contributed by atoms with Crippen molar-refractivity contribution >= 4 is 93.1 Å². The lowest BCUT2D eigenvalue weighted by atomic mass is 10.00. The van der Waals surface area contributed by atoms with Crippen LogP contribution in [0.4, 0.5) is 17.1 Å². The molecule has 51 heavy (non-hydrogen) atoms. The number of aromatic nitrogens is 1. The standard InChI is InChI=1S/C48H30N2O/c1-2-13-34(14-3-1)50-43-18-9-8-17-39(43)42-30-36(26-28-44(42)50)49(35-25-23-33-22-21-31-11-4-6-15-37(31)41(33)29-35)45-19-10-20-46-47(45)40-27-24-32-12-5-7-16-38(32)48(40)51-46/h1-30H. The molecule has 0 saturated carbocycles. The third kappa shape index (κ3) is 4.19. The number of benzene rings is 9. The molecule has 0 aliphatic carbocycles. The number of fused-ring (bicyclic) bond motifs is 11. The van der Waals surface area contributed by atoms with Crippen molar-refractivity contribution in [1.29, 1.82) is 0 Å². The van der Waals surface area contributed by atoms with E-state index in [-0.39, 0.29) is 0 Å². The van der Waals surface area contributed by atoms with Crippen LogP contribution < -0.4 is 4.90 Å². The van der Waals surface area contributed by atoms with E-state index in [0.29, 0.717) is 0 Å². The van der Waals surface area contributed by atoms with Gasteiger partial charge >= 0.3 is 0 Å². The highest BCUT2D eigenvalue weighted by Gasteiger charge is 2.22. The highest BCUT2D eigenvalue weighted by atomic mass is 16.3. The molecule has 0 atom stereocenters. The van der Waals surface area contributed by atoms with Crippen molar-refractivity contribution in [3.05, 3.63) is 182 Å². The maximum absolute atomic E-state index is 6.71. The molecular formula is C48H30N2O. The predicted octanol–water partition coefficient (Wildman–Crippen LogP) is 13.6. The molecule has 0 spiro atoms. The van der Waals surface area contributed by atoms with Gasteiger partial charge in [-0.05, 0) is 93.7 Å². The molecule has 0 fully saturated rings. The van der Waals surface area contributed by atoms with Gasteiger partial charge in [-0.1, -0.05) is 115 Å². The van der Waals surface area contributed by atoms with Crippen LogP contribution in [-0.4, -0.2) is 4.57 Å². The number of furan rings is 1. The number of para-hydroxylation sites is 2. The maximum Gasteiger partial charge on any atom is 0.143 e. The lowest BCUT2D eigenvalue weighted by Gasteiger charge is -2.27. The smallest absolute Gasteiger partial charge is 0.143 e. The lowest BCUT2D eigenvalue weighted by molar-refractivity contribution is 0.672. The molecule has 2 aromatic heterocycles. The van der Waals surface area contributed by atoms with E-state index in [4.69, 9.17) is 4.42 Å². The topological polar surface area (TPSA) is 21.3 Å². The van der Waals surface area contributed by atoms with E-state index in [2.05, 4.69) is 191 Å². The first-order chi connectivity index (χ1) is 25.3. The Labute approximate surface area is 293 Å². The van der Waals surface area contributed by atoms with Crippen LogP contribution in [0.3, 0.4) is 0 Å². The van der Waals surface area contributed by atoms with Crippen LogP contribution in [0, 0.1) is 0 Å². The Morgan fingerprint density at radius 2 is 1.00 bits per heavy atom. The Bertz CT molecular complexity index is 3150. The van der Waals surface area contributed by atoms with E-state index in [0.717, 1.165) is 50.1 Å². The summed E-state index contributed by atoms with van der Waals surface area (Å²) in [7, 11) is 0. The summed E-state index contributed by atoms with van der Waals surface area (Å²) in [6, 6.07) is 65.6. The summed E-state index contributed by atoms with van der Waals surface area (Å²) >= 11 is 0. The Morgan fingerprint density at radius 3 is 1.84 bits per heavy atom. The summed E-state index contributed by atoms with van der Waals surface area (Å²) in [6.07, 6.45) is 0. The number of hydrogen-bond acceptors (Lipinski definition) is 2. The third-order valence-corrected chi connectivity index (χ3v) is 10.5. The normalized spacial score (nSPS) is 11.9. The fourth-order valence-electron chi connectivity index (χ4n) is 8.23. The lowest BCUT2D eigenvalue weighted by Crippen LogP contribution is -2.10. The number of hydrogen-bond donors (Lipinski definition) is 0. The molecule has 0 N–H and O–H groups in total. The molecule has 0 amide bonds. The van der Waals surface area contributed by atoms with Crippen LogP contribution in [0.2, 0.25) is 0 Å². The van der Waals surface area contributed by atoms with Gasteiger partial charge in [0.15, 0.2) is 0 Å². The summed E-state index contributed by atoms with van der Waals surface area (Å²) in [4.78, 5) is 2.42. The molecular weight excluding hydrogens is 621 g/mol. The van der Waals surface area contributed by atoms with Gasteiger partial charge in [-0.15, -0.1) is 0 Å². The second-order valence-corrected chi connectivity index (χ2v) is 13.3. The van der Waals surface area contributed by atoms with Crippen molar-refractivity contribution < 1.29 is 4.42 Å². The summed E-state index contributed by atoms with van der Waals surface area (Å²) in [6.45, 7) is 0. The van der Waals surface area contributed by atoms with Gasteiger partial charge in [0.1, 0.15) is 11.2 Å². The molecule has 9 aromatic carbocycles. The van der Waals surface area contributed by atoms with Gasteiger partial charge in [-0.25, -0.2) is 0 Å². The quantitative estimate of drug-likeness (QED) is 0.177. The van der Waals surface area contributed by atoms with Crippen molar-refractivity contribution in [2.75, 3.05) is 4.90 Å². The minimum absolute atomic E-state index is 0.872. The van der Waals surface area contributed by atoms with Crippen LogP contribution in [0.15, 0.2) is 186 Å². The van der Waals surface area contributed by atoms with E-state index >= 15 is 0 Å². The van der Waals surface area contributed by atoms with Gasteiger partial charge in [0.2, 0.25) is 0 Å². The second-order valence-electron chi connectivity index (χ2n) is 13.3. The zero-order valence-electron chi connectivity index (χ0n) is 27.6. The van der Waals surface area contributed by atoms with Crippen LogP contribution >= 0.6 is 0 Å². The first-order valence-electron chi connectivity index (χ1n) is 17.4. The van der Waals surface area contributed by atoms with Crippen molar-refractivity contribution in [1.82, 2.24) is 4.57 Å². The van der Waals surface area contributed by atoms with E-state index in [9.17, 15) is 0 Å². The van der Waals surface area contributed by atoms with Gasteiger partial charge in [0, 0.05) is 38.6 Å². The second kappa shape index (κ2) is 10.8. The van der Waals surface area contributed by atoms with Gasteiger partial charge in [0.05, 0.1) is 22.1 Å². The largest absolute Gasteiger partial charge is 0.455 e. The summed E-state index contributed by atoms with van der Waals surface area (Å²) < 4.78 is 9.08. The van der Waals surface area contributed by atoms with Crippen molar-refractivity contribution in [3.63, 3.8) is 0 Å². The summed E-state index contributed by atoms with van der Waals surface area (Å²) in [5.74, 6) is 0. The molecule has 238 valence electrons. The van der Waals surface area contributed by atoms with Crippen LogP contribution in [0.1, 0.15) is 0 Å². The Kier molecular flexibility index (Phi) is 5.96. The van der Waals surface area contributed by atoms with E-state index in [1.807, 2.05) is 0 Å². The van der Waals surface area contributed by atoms with E-state index in [1.165, 1.54) is 48.7 Å². The third-order valence-electron chi connectivity index (χ3n) is 10.5. The fraction of sp³-hybridized carbons (Fsp3) is 0. The summed E-state index contributed by atoms with van der Waals surface area (Å²) in [5.41, 5.74) is 8.55. The Hall–Kier alpha value is -6.84. The summed E-state index contributed by atoms with van der Waals surface area (Å²) in [5, 5.41) is 11.9. The highest BCUT2D eigenvalue weighted by Crippen LogP contribution is 2.46. The molecule has 3 nitrogen and oxygen atoms in total. The van der Waals surface area contributed by atoms with Crippen LogP contribution in [-0.2, 0) is 0 Å². The number of nitrogens with zero attached hydrogens (tertiary/aromatic N) is 2. The monoisotopic (exact) mass is 650 g/mol. The number of rotatable bonds is 4. The van der Waals surface area contributed by atoms with Gasteiger partial charge < -0.3 is 13.9 Å². The molecule has 0 radical (unpaired) electrons. The van der Waals surface area contributed by atoms with Crippen molar-refractivity contribution in [2.24, 2.45) is 0 Å². The maximum atomic E-state index is 6.71. The van der Waals surface area contributed by atoms with Crippen molar-refractivity contribution in [3.8, 4) is 5.69 Å². The first-order valence-corrected chi connectivity index (χ1v) is 17.4. The SMILES string of the molecule is c1ccc(-n2c3ccccc3c3cc(N(c4ccc5ccc6ccccc6c5c4)c4cccc5oc6c7ccccc7ccc6c45)ccc32)cc1. The average Bonchev–Trinajstić information content (AvgIpc) is 3.75. The van der Waals surface area contributed by atoms with Crippen LogP contribution in [0.5, 0.6) is 0 Å². The minimum Gasteiger partial charge on any atom is -0.455 e. The van der Waals surface area contributed by atoms with Gasteiger partial charge in [-0.2, -0.15) is 0 Å². The first kappa shape index (κ1) is 28.0. The van der Waals surface area contributed by atoms with Crippen LogP contribution in [0.25, 0.3) is 81.7 Å². The highest BCUT2D eigenvalue weighted by molar-refractivity contribution is 6.20. The zero-order valence-corrected chi connectivity index (χ0v) is 27.6. The fourth-order valence-corrected chi connectivity index (χ4v) is 8.23. The zero-order chi connectivity index (χ0) is 33.5. The molecule has 0 bridgehead atoms. The van der Waals surface area contributed by atoms with Gasteiger partial charge in [0.25, 0.3) is 0 Å². The molecule has 2 heterocycles. The average molecular weight is 651 g/mol. The molecule has 0 unspecified atom stereocenters. The molecule has 3 heteroatoms. The molecule has 11 rings (SSSR count). The predicted molar refractivity (Wildman–Crippen MR) is 215 cm³/mol. The Balaban J connectivity index is 1.23.